The molecule has 0 atom stereocenters. The highest BCUT2D eigenvalue weighted by Crippen LogP contribution is 2.35. The zero-order chi connectivity index (χ0) is 18.3. The predicted molar refractivity (Wildman–Crippen MR) is 116 cm³/mol. The Morgan fingerprint density at radius 2 is 0.889 bits per heavy atom. The quantitative estimate of drug-likeness (QED) is 0.350. The van der Waals surface area contributed by atoms with Crippen LogP contribution < -0.4 is 4.90 Å². The van der Waals surface area contributed by atoms with Crippen LogP contribution in [0.4, 0.5) is 11.4 Å². The van der Waals surface area contributed by atoms with E-state index >= 15 is 0 Å². The van der Waals surface area contributed by atoms with Gasteiger partial charge in [-0.15, -0.1) is 0 Å². The number of benzene rings is 4. The molecule has 0 fully saturated rings. The van der Waals surface area contributed by atoms with Crippen LogP contribution in [-0.2, 0) is 0 Å². The van der Waals surface area contributed by atoms with Crippen LogP contribution in [0.1, 0.15) is 11.1 Å². The maximum atomic E-state index is 2.31. The predicted octanol–water partition coefficient (Wildman–Crippen LogP) is 7.02. The molecule has 0 aliphatic heterocycles. The average Bonchev–Trinajstić information content (AvgIpc) is 2.76. The van der Waals surface area contributed by atoms with E-state index in [2.05, 4.69) is 126 Å². The molecule has 0 radical (unpaired) electrons. The molecule has 0 amide bonds. The van der Waals surface area contributed by atoms with Gasteiger partial charge < -0.3 is 4.90 Å². The number of anilines is 2. The van der Waals surface area contributed by atoms with Crippen molar-refractivity contribution in [3.05, 3.63) is 132 Å². The molecule has 4 rings (SSSR count). The van der Waals surface area contributed by atoms with Crippen molar-refractivity contribution in [2.75, 3.05) is 4.90 Å². The number of hydrogen-bond donors (Lipinski definition) is 0. The highest BCUT2D eigenvalue weighted by atomic mass is 15.1. The maximum absolute atomic E-state index is 2.31. The van der Waals surface area contributed by atoms with Crippen molar-refractivity contribution in [2.45, 2.75) is 0 Å². The van der Waals surface area contributed by atoms with Gasteiger partial charge in [0.2, 0.25) is 0 Å². The Hall–Kier alpha value is -3.58. The van der Waals surface area contributed by atoms with Crippen LogP contribution in [-0.4, -0.2) is 0 Å². The first-order valence-corrected chi connectivity index (χ1v) is 9.14. The molecule has 1 heteroatoms. The van der Waals surface area contributed by atoms with Crippen LogP contribution in [0.15, 0.2) is 121 Å². The smallest absolute Gasteiger partial charge is 0.0539 e. The number of hydrogen-bond acceptors (Lipinski definition) is 1. The minimum atomic E-state index is 1.13. The normalized spacial score (nSPS) is 11.2. The van der Waals surface area contributed by atoms with Crippen molar-refractivity contribution in [1.29, 1.82) is 0 Å². The van der Waals surface area contributed by atoms with Gasteiger partial charge in [-0.05, 0) is 41.5 Å². The van der Waals surface area contributed by atoms with Gasteiger partial charge in [-0.3, -0.25) is 0 Å². The minimum Gasteiger partial charge on any atom is -0.310 e. The van der Waals surface area contributed by atoms with Crippen molar-refractivity contribution in [3.8, 4) is 0 Å². The molecule has 0 unspecified atom stereocenters. The van der Waals surface area contributed by atoms with Crippen molar-refractivity contribution >= 4 is 23.1 Å². The summed E-state index contributed by atoms with van der Waals surface area (Å²) >= 11 is 0. The molecule has 0 heterocycles. The zero-order valence-electron chi connectivity index (χ0n) is 15.1. The largest absolute Gasteiger partial charge is 0.310 e. The van der Waals surface area contributed by atoms with E-state index in [1.807, 2.05) is 6.07 Å². The Morgan fingerprint density at radius 3 is 1.37 bits per heavy atom. The van der Waals surface area contributed by atoms with Crippen LogP contribution in [0, 0.1) is 0 Å². The fourth-order valence-electron chi connectivity index (χ4n) is 3.17. The first-order valence-electron chi connectivity index (χ1n) is 9.14. The summed E-state index contributed by atoms with van der Waals surface area (Å²) in [6.45, 7) is 0. The van der Waals surface area contributed by atoms with Gasteiger partial charge in [0.05, 0.1) is 5.70 Å². The van der Waals surface area contributed by atoms with Gasteiger partial charge in [0.15, 0.2) is 0 Å². The molecule has 4 aromatic rings. The second kappa shape index (κ2) is 8.20. The molecule has 130 valence electrons. The summed E-state index contributed by atoms with van der Waals surface area (Å²) in [5, 5.41) is 0. The summed E-state index contributed by atoms with van der Waals surface area (Å²) in [4.78, 5) is 2.31. The first-order chi connectivity index (χ1) is 13.4. The third-order valence-electron chi connectivity index (χ3n) is 4.44. The molecular weight excluding hydrogens is 326 g/mol. The highest BCUT2D eigenvalue weighted by molar-refractivity contribution is 5.95. The van der Waals surface area contributed by atoms with Crippen molar-refractivity contribution in [2.24, 2.45) is 0 Å². The summed E-state index contributed by atoms with van der Waals surface area (Å²) in [5.74, 6) is 0. The lowest BCUT2D eigenvalue weighted by Crippen LogP contribution is -2.15. The average molecular weight is 347 g/mol. The SMILES string of the molecule is C(=C(/c1ccccc1)N(c1ccccc1)c1ccccc1)/c1ccccc1. The molecule has 0 N–H and O–H groups in total. The molecule has 0 aromatic heterocycles. The van der Waals surface area contributed by atoms with Gasteiger partial charge in [-0.25, -0.2) is 0 Å². The summed E-state index contributed by atoms with van der Waals surface area (Å²) in [6, 6.07) is 42.0. The van der Waals surface area contributed by atoms with Gasteiger partial charge in [0.25, 0.3) is 0 Å². The standard InChI is InChI=1S/C26H21N/c1-5-13-22(14-6-1)21-26(23-15-7-2-8-16-23)27(24-17-9-3-10-18-24)25-19-11-4-12-20-25/h1-21H/b26-21+. The van der Waals surface area contributed by atoms with Crippen LogP contribution >= 0.6 is 0 Å². The molecule has 0 saturated carbocycles. The van der Waals surface area contributed by atoms with Gasteiger partial charge in [-0.2, -0.15) is 0 Å². The van der Waals surface area contributed by atoms with Crippen LogP contribution in [0.3, 0.4) is 0 Å². The molecule has 0 aliphatic rings. The molecule has 0 bridgehead atoms. The van der Waals surface area contributed by atoms with E-state index in [1.165, 1.54) is 11.1 Å². The van der Waals surface area contributed by atoms with Crippen molar-refractivity contribution < 1.29 is 0 Å². The fourth-order valence-corrected chi connectivity index (χ4v) is 3.17. The first kappa shape index (κ1) is 16.9. The Labute approximate surface area is 160 Å². The number of para-hydroxylation sites is 2. The Morgan fingerprint density at radius 1 is 0.481 bits per heavy atom. The van der Waals surface area contributed by atoms with Crippen molar-refractivity contribution in [3.63, 3.8) is 0 Å². The Balaban J connectivity index is 1.93. The molecule has 4 aromatic carbocycles. The summed E-state index contributed by atoms with van der Waals surface area (Å²) in [6.07, 6.45) is 2.25. The second-order valence-corrected chi connectivity index (χ2v) is 6.31. The van der Waals surface area contributed by atoms with Crippen LogP contribution in [0.5, 0.6) is 0 Å². The third-order valence-corrected chi connectivity index (χ3v) is 4.44. The lowest BCUT2D eigenvalue weighted by molar-refractivity contribution is 1.30. The van der Waals surface area contributed by atoms with Gasteiger partial charge in [0, 0.05) is 11.4 Å². The zero-order valence-corrected chi connectivity index (χ0v) is 15.1. The van der Waals surface area contributed by atoms with E-state index in [0.717, 1.165) is 17.1 Å². The fraction of sp³-hybridized carbons (Fsp3) is 0. The molecule has 0 saturated heterocycles. The van der Waals surface area contributed by atoms with Gasteiger partial charge >= 0.3 is 0 Å². The maximum Gasteiger partial charge on any atom is 0.0539 e. The Bertz CT molecular complexity index is 952. The molecule has 1 nitrogen and oxygen atoms in total. The molecular formula is C26H21N. The van der Waals surface area contributed by atoms with E-state index < -0.39 is 0 Å². The minimum absolute atomic E-state index is 1.13. The summed E-state index contributed by atoms with van der Waals surface area (Å²) in [7, 11) is 0. The summed E-state index contributed by atoms with van der Waals surface area (Å²) < 4.78 is 0. The topological polar surface area (TPSA) is 3.24 Å². The van der Waals surface area contributed by atoms with Crippen molar-refractivity contribution in [1.82, 2.24) is 0 Å². The number of rotatable bonds is 5. The lowest BCUT2D eigenvalue weighted by atomic mass is 10.1. The molecule has 27 heavy (non-hydrogen) atoms. The summed E-state index contributed by atoms with van der Waals surface area (Å²) in [5.41, 5.74) is 5.76. The second-order valence-electron chi connectivity index (χ2n) is 6.31. The van der Waals surface area contributed by atoms with Gasteiger partial charge in [0.1, 0.15) is 0 Å². The monoisotopic (exact) mass is 347 g/mol. The van der Waals surface area contributed by atoms with Crippen LogP contribution in [0.2, 0.25) is 0 Å². The van der Waals surface area contributed by atoms with E-state index in [-0.39, 0.29) is 0 Å². The number of nitrogens with zero attached hydrogens (tertiary/aromatic N) is 1. The van der Waals surface area contributed by atoms with E-state index in [0.29, 0.717) is 0 Å². The lowest BCUT2D eigenvalue weighted by Gasteiger charge is -2.28. The van der Waals surface area contributed by atoms with E-state index in [9.17, 15) is 0 Å². The van der Waals surface area contributed by atoms with Crippen LogP contribution in [0.25, 0.3) is 11.8 Å². The van der Waals surface area contributed by atoms with E-state index in [4.69, 9.17) is 0 Å². The van der Waals surface area contributed by atoms with Gasteiger partial charge in [-0.1, -0.05) is 97.1 Å². The van der Waals surface area contributed by atoms with E-state index in [1.54, 1.807) is 0 Å². The highest BCUT2D eigenvalue weighted by Gasteiger charge is 2.16. The molecule has 0 spiro atoms. The third kappa shape index (κ3) is 3.99. The Kier molecular flexibility index (Phi) is 5.12. The molecule has 0 aliphatic carbocycles.